The average molecular weight is 432 g/mol. The zero-order valence-corrected chi connectivity index (χ0v) is 18.4. The Kier molecular flexibility index (Phi) is 5.40. The Hall–Kier alpha value is -2.32. The van der Waals surface area contributed by atoms with Gasteiger partial charge in [0.15, 0.2) is 15.0 Å². The molecule has 2 aromatic heterocycles. The Bertz CT molecular complexity index is 1130. The van der Waals surface area contributed by atoms with Crippen molar-refractivity contribution in [2.75, 3.05) is 23.9 Å². The van der Waals surface area contributed by atoms with Crippen LogP contribution in [-0.2, 0) is 16.4 Å². The Labute approximate surface area is 175 Å². The quantitative estimate of drug-likeness (QED) is 0.633. The maximum atomic E-state index is 11.9. The normalized spacial score (nSPS) is 18.1. The lowest BCUT2D eigenvalue weighted by molar-refractivity contribution is 0.410. The number of hydrogen-bond acceptors (Lipinski definition) is 6. The molecule has 3 heterocycles. The first-order valence-electron chi connectivity index (χ1n) is 9.58. The maximum Gasteiger partial charge on any atom is 0.183 e. The van der Waals surface area contributed by atoms with Crippen LogP contribution in [0.4, 0.5) is 5.13 Å². The number of methoxy groups -OCH3 is 1. The minimum Gasteiger partial charge on any atom is -0.496 e. The van der Waals surface area contributed by atoms with E-state index < -0.39 is 9.84 Å². The first kappa shape index (κ1) is 20.0. The highest BCUT2D eigenvalue weighted by molar-refractivity contribution is 7.91. The molecule has 1 N–H and O–H groups in total. The smallest absolute Gasteiger partial charge is 0.183 e. The van der Waals surface area contributed by atoms with Gasteiger partial charge < -0.3 is 14.6 Å². The van der Waals surface area contributed by atoms with Crippen molar-refractivity contribution in [1.82, 2.24) is 9.55 Å². The lowest BCUT2D eigenvalue weighted by Crippen LogP contribution is -2.13. The molecular formula is C21H25N3O3S2. The largest absolute Gasteiger partial charge is 0.496 e. The van der Waals surface area contributed by atoms with E-state index in [0.29, 0.717) is 13.0 Å². The zero-order chi connectivity index (χ0) is 20.6. The van der Waals surface area contributed by atoms with Gasteiger partial charge in [-0.15, -0.1) is 11.3 Å². The van der Waals surface area contributed by atoms with E-state index in [1.807, 2.05) is 36.6 Å². The monoisotopic (exact) mass is 431 g/mol. The summed E-state index contributed by atoms with van der Waals surface area (Å²) in [7, 11) is -1.25. The van der Waals surface area contributed by atoms with E-state index in [1.165, 1.54) is 0 Å². The topological polar surface area (TPSA) is 73.2 Å². The summed E-state index contributed by atoms with van der Waals surface area (Å²) in [5.74, 6) is 1.36. The fraction of sp³-hybridized carbons (Fsp3) is 0.381. The molecule has 0 spiro atoms. The fourth-order valence-electron chi connectivity index (χ4n) is 4.08. The highest BCUT2D eigenvalue weighted by atomic mass is 32.2. The third kappa shape index (κ3) is 4.04. The highest BCUT2D eigenvalue weighted by Gasteiger charge is 2.31. The molecule has 0 aliphatic carbocycles. The van der Waals surface area contributed by atoms with Crippen LogP contribution >= 0.6 is 11.3 Å². The molecule has 1 aliphatic heterocycles. The second-order valence-corrected chi connectivity index (χ2v) is 10.5. The van der Waals surface area contributed by atoms with Crippen molar-refractivity contribution in [1.29, 1.82) is 0 Å². The third-order valence-electron chi connectivity index (χ3n) is 5.46. The lowest BCUT2D eigenvalue weighted by atomic mass is 10.2. The third-order valence-corrected chi connectivity index (χ3v) is 8.01. The number of anilines is 1. The van der Waals surface area contributed by atoms with Gasteiger partial charge in [0.25, 0.3) is 0 Å². The molecule has 8 heteroatoms. The SMILES string of the molecule is COc1ccccc1CNc1nc(-c2cc(C)n([C@@H]3CCS(=O)(=O)C3)c2C)cs1. The molecule has 1 aliphatic rings. The Balaban J connectivity index is 1.53. The summed E-state index contributed by atoms with van der Waals surface area (Å²) in [6.07, 6.45) is 0.681. The molecule has 3 aromatic rings. The van der Waals surface area contributed by atoms with Gasteiger partial charge in [0, 0.05) is 40.5 Å². The van der Waals surface area contributed by atoms with Crippen molar-refractivity contribution in [3.63, 3.8) is 0 Å². The minimum atomic E-state index is -2.92. The van der Waals surface area contributed by atoms with Crippen LogP contribution in [0.5, 0.6) is 5.75 Å². The van der Waals surface area contributed by atoms with E-state index in [4.69, 9.17) is 9.72 Å². The number of aromatic nitrogens is 2. The molecule has 29 heavy (non-hydrogen) atoms. The molecule has 1 fully saturated rings. The minimum absolute atomic E-state index is 0.0236. The number of sulfone groups is 1. The highest BCUT2D eigenvalue weighted by Crippen LogP contribution is 2.34. The molecule has 0 amide bonds. The lowest BCUT2D eigenvalue weighted by Gasteiger charge is -2.16. The van der Waals surface area contributed by atoms with Gasteiger partial charge in [-0.3, -0.25) is 0 Å². The number of rotatable bonds is 6. The van der Waals surface area contributed by atoms with E-state index in [2.05, 4.69) is 22.9 Å². The summed E-state index contributed by atoms with van der Waals surface area (Å²) in [5.41, 5.74) is 5.21. The second-order valence-electron chi connectivity index (χ2n) is 7.41. The standard InChI is InChI=1S/C21H25N3O3S2/c1-14-10-18(15(2)24(14)17-8-9-29(25,26)13-17)19-12-28-21(23-19)22-11-16-6-4-5-7-20(16)27-3/h4-7,10,12,17H,8-9,11,13H2,1-3H3,(H,22,23)/t17-/m1/s1. The molecule has 6 nitrogen and oxygen atoms in total. The number of hydrogen-bond donors (Lipinski definition) is 1. The van der Waals surface area contributed by atoms with Crippen LogP contribution < -0.4 is 10.1 Å². The molecule has 0 bridgehead atoms. The van der Waals surface area contributed by atoms with Crippen LogP contribution in [0.3, 0.4) is 0 Å². The molecular weight excluding hydrogens is 406 g/mol. The number of thiazole rings is 1. The van der Waals surface area contributed by atoms with Crippen LogP contribution in [0.2, 0.25) is 0 Å². The molecule has 1 atom stereocenters. The van der Waals surface area contributed by atoms with Crippen molar-refractivity contribution >= 4 is 26.3 Å². The van der Waals surface area contributed by atoms with E-state index in [-0.39, 0.29) is 17.5 Å². The number of benzene rings is 1. The Morgan fingerprint density at radius 1 is 1.31 bits per heavy atom. The summed E-state index contributed by atoms with van der Waals surface area (Å²) in [5, 5.41) is 6.26. The van der Waals surface area contributed by atoms with Gasteiger partial charge in [-0.25, -0.2) is 13.4 Å². The van der Waals surface area contributed by atoms with Crippen molar-refractivity contribution in [2.24, 2.45) is 0 Å². The first-order valence-corrected chi connectivity index (χ1v) is 12.3. The second kappa shape index (κ2) is 7.84. The van der Waals surface area contributed by atoms with Crippen molar-refractivity contribution < 1.29 is 13.2 Å². The van der Waals surface area contributed by atoms with Crippen LogP contribution in [0.25, 0.3) is 11.3 Å². The zero-order valence-electron chi connectivity index (χ0n) is 16.8. The predicted molar refractivity (Wildman–Crippen MR) is 118 cm³/mol. The van der Waals surface area contributed by atoms with Crippen LogP contribution in [0, 0.1) is 13.8 Å². The van der Waals surface area contributed by atoms with Crippen LogP contribution in [-0.4, -0.2) is 36.6 Å². The van der Waals surface area contributed by atoms with Gasteiger partial charge in [0.1, 0.15) is 5.75 Å². The summed E-state index contributed by atoms with van der Waals surface area (Å²) in [6, 6.07) is 10.1. The van der Waals surface area contributed by atoms with E-state index in [0.717, 1.165) is 39.1 Å². The molecule has 0 saturated carbocycles. The Morgan fingerprint density at radius 2 is 2.10 bits per heavy atom. The van der Waals surface area contributed by atoms with Crippen molar-refractivity contribution in [3.05, 3.63) is 52.7 Å². The molecule has 1 saturated heterocycles. The number of ether oxygens (including phenoxy) is 1. The van der Waals surface area contributed by atoms with E-state index >= 15 is 0 Å². The molecule has 0 unspecified atom stereocenters. The molecule has 0 radical (unpaired) electrons. The molecule has 154 valence electrons. The van der Waals surface area contributed by atoms with E-state index in [9.17, 15) is 8.42 Å². The van der Waals surface area contributed by atoms with Crippen LogP contribution in [0.1, 0.15) is 29.4 Å². The van der Waals surface area contributed by atoms with Gasteiger partial charge in [-0.2, -0.15) is 0 Å². The maximum absolute atomic E-state index is 11.9. The number of nitrogens with zero attached hydrogens (tertiary/aromatic N) is 2. The number of aryl methyl sites for hydroxylation is 1. The molecule has 1 aromatic carbocycles. The first-order chi connectivity index (χ1) is 13.9. The van der Waals surface area contributed by atoms with E-state index in [1.54, 1.807) is 18.4 Å². The fourth-order valence-corrected chi connectivity index (χ4v) is 6.49. The Morgan fingerprint density at radius 3 is 2.83 bits per heavy atom. The number of para-hydroxylation sites is 1. The summed E-state index contributed by atoms with van der Waals surface area (Å²) < 4.78 is 31.4. The summed E-state index contributed by atoms with van der Waals surface area (Å²) in [4.78, 5) is 4.76. The van der Waals surface area contributed by atoms with Gasteiger partial charge in [-0.05, 0) is 32.4 Å². The van der Waals surface area contributed by atoms with Crippen molar-refractivity contribution in [2.45, 2.75) is 32.9 Å². The predicted octanol–water partition coefficient (Wildman–Crippen LogP) is 4.21. The van der Waals surface area contributed by atoms with Crippen molar-refractivity contribution in [3.8, 4) is 17.0 Å². The van der Waals surface area contributed by atoms with Gasteiger partial charge in [0.05, 0.1) is 24.3 Å². The summed E-state index contributed by atoms with van der Waals surface area (Å²) in [6.45, 7) is 4.72. The van der Waals surface area contributed by atoms with Gasteiger partial charge in [0.2, 0.25) is 0 Å². The van der Waals surface area contributed by atoms with Crippen LogP contribution in [0.15, 0.2) is 35.7 Å². The van der Waals surface area contributed by atoms with Gasteiger partial charge >= 0.3 is 0 Å². The summed E-state index contributed by atoms with van der Waals surface area (Å²) >= 11 is 1.56. The number of nitrogens with one attached hydrogen (secondary N) is 1. The van der Waals surface area contributed by atoms with Gasteiger partial charge in [-0.1, -0.05) is 18.2 Å². The molecule has 4 rings (SSSR count). The average Bonchev–Trinajstić information content (AvgIpc) is 3.37.